The van der Waals surface area contributed by atoms with Gasteiger partial charge in [0.2, 0.25) is 0 Å². The van der Waals surface area contributed by atoms with Crippen molar-refractivity contribution >= 4 is 0 Å². The summed E-state index contributed by atoms with van der Waals surface area (Å²) in [6.07, 6.45) is 6.25. The van der Waals surface area contributed by atoms with Crippen LogP contribution in [0.25, 0.3) is 11.1 Å². The summed E-state index contributed by atoms with van der Waals surface area (Å²) >= 11 is 0. The molecule has 1 aliphatic carbocycles. The average Bonchev–Trinajstić information content (AvgIpc) is 2.83. The smallest absolute Gasteiger partial charge is 0.250 e. The third kappa shape index (κ3) is 2.99. The van der Waals surface area contributed by atoms with Crippen LogP contribution in [0, 0.1) is 19.8 Å². The van der Waals surface area contributed by atoms with Crippen LogP contribution < -0.4 is 11.3 Å². The van der Waals surface area contributed by atoms with Crippen LogP contribution in [0.15, 0.2) is 27.6 Å². The Hall–Kier alpha value is -1.88. The summed E-state index contributed by atoms with van der Waals surface area (Å²) in [7, 11) is 0. The van der Waals surface area contributed by atoms with Gasteiger partial charge >= 0.3 is 0 Å². The van der Waals surface area contributed by atoms with Crippen LogP contribution in [-0.4, -0.2) is 15.8 Å². The van der Waals surface area contributed by atoms with E-state index in [0.717, 1.165) is 54.8 Å². The number of nitrogens with two attached hydrogens (primary N) is 1. The van der Waals surface area contributed by atoms with E-state index >= 15 is 0 Å². The molecule has 0 atom stereocenters. The Morgan fingerprint density at radius 2 is 2.00 bits per heavy atom. The van der Waals surface area contributed by atoms with Crippen molar-refractivity contribution in [2.75, 3.05) is 0 Å². The van der Waals surface area contributed by atoms with Crippen molar-refractivity contribution < 1.29 is 4.52 Å². The highest BCUT2D eigenvalue weighted by molar-refractivity contribution is 5.66. The molecule has 2 aromatic rings. The van der Waals surface area contributed by atoms with E-state index in [1.807, 2.05) is 30.7 Å². The summed E-state index contributed by atoms with van der Waals surface area (Å²) in [4.78, 5) is 12.1. The summed E-state index contributed by atoms with van der Waals surface area (Å²) in [6, 6.07) is 3.82. The third-order valence-corrected chi connectivity index (χ3v) is 4.65. The molecule has 0 amide bonds. The zero-order valence-electron chi connectivity index (χ0n) is 13.2. The lowest BCUT2D eigenvalue weighted by Gasteiger charge is -2.26. The van der Waals surface area contributed by atoms with Crippen LogP contribution in [-0.2, 0) is 6.54 Å². The third-order valence-electron chi connectivity index (χ3n) is 4.65. The molecule has 2 heterocycles. The lowest BCUT2D eigenvalue weighted by atomic mass is 9.86. The van der Waals surface area contributed by atoms with Gasteiger partial charge in [-0.25, -0.2) is 0 Å². The molecule has 0 radical (unpaired) electrons. The van der Waals surface area contributed by atoms with Gasteiger partial charge in [-0.3, -0.25) is 4.79 Å². The summed E-state index contributed by atoms with van der Waals surface area (Å²) in [5, 5.41) is 3.99. The van der Waals surface area contributed by atoms with Gasteiger partial charge in [0.15, 0.2) is 0 Å². The molecule has 0 aliphatic heterocycles. The van der Waals surface area contributed by atoms with E-state index in [-0.39, 0.29) is 5.56 Å². The number of hydrogen-bond acceptors (Lipinski definition) is 4. The second-order valence-corrected chi connectivity index (χ2v) is 6.39. The summed E-state index contributed by atoms with van der Waals surface area (Å²) in [5.41, 5.74) is 8.83. The highest BCUT2D eigenvalue weighted by atomic mass is 16.5. The fraction of sp³-hybridized carbons (Fsp3) is 0.529. The minimum atomic E-state index is 0.0467. The van der Waals surface area contributed by atoms with Crippen LogP contribution in [0.5, 0.6) is 0 Å². The van der Waals surface area contributed by atoms with Crippen molar-refractivity contribution in [1.29, 1.82) is 0 Å². The predicted octanol–water partition coefficient (Wildman–Crippen LogP) is 2.64. The summed E-state index contributed by atoms with van der Waals surface area (Å²) in [6.45, 7) is 4.58. The number of aromatic nitrogens is 2. The van der Waals surface area contributed by atoms with E-state index < -0.39 is 0 Å². The number of aryl methyl sites for hydroxylation is 2. The van der Waals surface area contributed by atoms with Crippen LogP contribution in [0.3, 0.4) is 0 Å². The average molecular weight is 301 g/mol. The van der Waals surface area contributed by atoms with Crippen molar-refractivity contribution in [3.05, 3.63) is 40.1 Å². The Kier molecular flexibility index (Phi) is 4.16. The molecule has 5 nitrogen and oxygen atoms in total. The molecule has 0 bridgehead atoms. The molecular formula is C17H23N3O2. The zero-order valence-corrected chi connectivity index (χ0v) is 13.2. The van der Waals surface area contributed by atoms with E-state index in [1.165, 1.54) is 0 Å². The van der Waals surface area contributed by atoms with Gasteiger partial charge in [0.05, 0.1) is 5.69 Å². The molecule has 22 heavy (non-hydrogen) atoms. The Morgan fingerprint density at radius 3 is 2.64 bits per heavy atom. The molecule has 2 aromatic heterocycles. The molecule has 3 rings (SSSR count). The first-order valence-corrected chi connectivity index (χ1v) is 7.94. The van der Waals surface area contributed by atoms with Crippen LogP contribution in [0.2, 0.25) is 0 Å². The van der Waals surface area contributed by atoms with Gasteiger partial charge in [0.1, 0.15) is 5.76 Å². The Morgan fingerprint density at radius 1 is 1.27 bits per heavy atom. The lowest BCUT2D eigenvalue weighted by Crippen LogP contribution is -2.30. The monoisotopic (exact) mass is 301 g/mol. The highest BCUT2D eigenvalue weighted by Gasteiger charge is 2.20. The lowest BCUT2D eigenvalue weighted by molar-refractivity contribution is 0.292. The Balaban J connectivity index is 1.86. The summed E-state index contributed by atoms with van der Waals surface area (Å²) in [5.74, 6) is 1.32. The topological polar surface area (TPSA) is 74.0 Å². The van der Waals surface area contributed by atoms with Crippen LogP contribution in [0.4, 0.5) is 0 Å². The van der Waals surface area contributed by atoms with Crippen molar-refractivity contribution in [3.8, 4) is 11.1 Å². The maximum absolute atomic E-state index is 12.1. The molecule has 0 unspecified atom stereocenters. The maximum atomic E-state index is 12.1. The van der Waals surface area contributed by atoms with Crippen molar-refractivity contribution in [1.82, 2.24) is 9.72 Å². The van der Waals surface area contributed by atoms with Crippen molar-refractivity contribution in [2.24, 2.45) is 11.7 Å². The first-order chi connectivity index (χ1) is 10.5. The molecule has 1 aliphatic rings. The predicted molar refractivity (Wildman–Crippen MR) is 85.6 cm³/mol. The minimum absolute atomic E-state index is 0.0467. The molecule has 0 spiro atoms. The molecule has 118 valence electrons. The highest BCUT2D eigenvalue weighted by Crippen LogP contribution is 2.27. The largest absolute Gasteiger partial charge is 0.361 e. The SMILES string of the molecule is Cc1noc(C)c1-c1ccc(=O)n(C[C@H]2CC[C@H](N)CC2)c1. The van der Waals surface area contributed by atoms with Gasteiger partial charge in [-0.1, -0.05) is 5.16 Å². The van der Waals surface area contributed by atoms with Gasteiger partial charge in [-0.15, -0.1) is 0 Å². The van der Waals surface area contributed by atoms with E-state index in [4.69, 9.17) is 10.3 Å². The van der Waals surface area contributed by atoms with Gasteiger partial charge in [-0.05, 0) is 51.5 Å². The first-order valence-electron chi connectivity index (χ1n) is 7.94. The number of nitrogens with zero attached hydrogens (tertiary/aromatic N) is 2. The van der Waals surface area contributed by atoms with Crippen LogP contribution in [0.1, 0.15) is 37.1 Å². The first kappa shape index (κ1) is 15.0. The van der Waals surface area contributed by atoms with Crippen molar-refractivity contribution in [3.63, 3.8) is 0 Å². The number of hydrogen-bond donors (Lipinski definition) is 1. The molecule has 5 heteroatoms. The summed E-state index contributed by atoms with van der Waals surface area (Å²) < 4.78 is 7.05. The van der Waals surface area contributed by atoms with Gasteiger partial charge in [-0.2, -0.15) is 0 Å². The van der Waals surface area contributed by atoms with Gasteiger partial charge in [0, 0.05) is 36.0 Å². The second kappa shape index (κ2) is 6.08. The standard InChI is InChI=1S/C17H23N3O2/c1-11-17(12(2)22-19-11)14-5-8-16(21)20(10-14)9-13-3-6-15(18)7-4-13/h5,8,10,13,15H,3-4,6-7,9,18H2,1-2H3/t13-,15-. The molecule has 0 saturated heterocycles. The molecule has 0 aromatic carbocycles. The number of rotatable bonds is 3. The quantitative estimate of drug-likeness (QED) is 0.945. The molecule has 1 saturated carbocycles. The molecule has 2 N–H and O–H groups in total. The molecule has 1 fully saturated rings. The zero-order chi connectivity index (χ0) is 15.7. The fourth-order valence-corrected chi connectivity index (χ4v) is 3.37. The van der Waals surface area contributed by atoms with E-state index in [9.17, 15) is 4.79 Å². The van der Waals surface area contributed by atoms with E-state index in [1.54, 1.807) is 6.07 Å². The van der Waals surface area contributed by atoms with Crippen molar-refractivity contribution in [2.45, 2.75) is 52.1 Å². The fourth-order valence-electron chi connectivity index (χ4n) is 3.37. The van der Waals surface area contributed by atoms with Gasteiger partial charge in [0.25, 0.3) is 5.56 Å². The normalized spacial score (nSPS) is 22.0. The Labute approximate surface area is 130 Å². The number of pyridine rings is 1. The molecular weight excluding hydrogens is 278 g/mol. The maximum Gasteiger partial charge on any atom is 0.250 e. The second-order valence-electron chi connectivity index (χ2n) is 6.39. The van der Waals surface area contributed by atoms with E-state index in [0.29, 0.717) is 12.0 Å². The Bertz CT molecular complexity index is 689. The van der Waals surface area contributed by atoms with Gasteiger partial charge < -0.3 is 14.8 Å². The van der Waals surface area contributed by atoms with E-state index in [2.05, 4.69) is 5.16 Å². The van der Waals surface area contributed by atoms with Crippen LogP contribution >= 0.6 is 0 Å². The minimum Gasteiger partial charge on any atom is -0.361 e.